The Labute approximate surface area is 180 Å². The van der Waals surface area contributed by atoms with Crippen LogP contribution in [0.2, 0.25) is 0 Å². The Balaban J connectivity index is 1.71. The second-order valence-corrected chi connectivity index (χ2v) is 7.81. The molecule has 0 aliphatic heterocycles. The smallest absolute Gasteiger partial charge is 0.258 e. The SMILES string of the molecule is COc1ccc(-c2nc(NC(=O)c3ccc(C(=O)NC(C)(C)C)cc3)n[nH]2)c(OC)c1. The molecule has 0 saturated carbocycles. The van der Waals surface area contributed by atoms with Gasteiger partial charge < -0.3 is 14.8 Å². The molecule has 0 saturated heterocycles. The van der Waals surface area contributed by atoms with Gasteiger partial charge in [0.25, 0.3) is 11.8 Å². The third-order valence-corrected chi connectivity index (χ3v) is 4.27. The van der Waals surface area contributed by atoms with Crippen molar-refractivity contribution in [2.24, 2.45) is 0 Å². The van der Waals surface area contributed by atoms with E-state index >= 15 is 0 Å². The summed E-state index contributed by atoms with van der Waals surface area (Å²) in [4.78, 5) is 29.1. The molecule has 0 bridgehead atoms. The van der Waals surface area contributed by atoms with Crippen molar-refractivity contribution in [3.63, 3.8) is 0 Å². The number of aromatic amines is 1. The summed E-state index contributed by atoms with van der Waals surface area (Å²) in [5, 5.41) is 12.3. The number of anilines is 1. The van der Waals surface area contributed by atoms with E-state index in [1.807, 2.05) is 20.8 Å². The number of H-pyrrole nitrogens is 1. The van der Waals surface area contributed by atoms with Crippen LogP contribution in [-0.2, 0) is 0 Å². The van der Waals surface area contributed by atoms with Crippen LogP contribution >= 0.6 is 0 Å². The molecule has 0 radical (unpaired) electrons. The highest BCUT2D eigenvalue weighted by Crippen LogP contribution is 2.31. The molecule has 1 aromatic heterocycles. The van der Waals surface area contributed by atoms with E-state index in [1.54, 1.807) is 56.7 Å². The Morgan fingerprint density at radius 3 is 2.16 bits per heavy atom. The molecule has 9 heteroatoms. The van der Waals surface area contributed by atoms with E-state index in [0.29, 0.717) is 34.0 Å². The van der Waals surface area contributed by atoms with Crippen molar-refractivity contribution in [1.82, 2.24) is 20.5 Å². The fraction of sp³-hybridized carbons (Fsp3) is 0.273. The molecule has 0 fully saturated rings. The van der Waals surface area contributed by atoms with Crippen LogP contribution in [0, 0.1) is 0 Å². The average molecular weight is 423 g/mol. The van der Waals surface area contributed by atoms with Crippen LogP contribution in [-0.4, -0.2) is 46.8 Å². The lowest BCUT2D eigenvalue weighted by atomic mass is 10.1. The van der Waals surface area contributed by atoms with Crippen molar-refractivity contribution < 1.29 is 19.1 Å². The number of ether oxygens (including phenoxy) is 2. The van der Waals surface area contributed by atoms with Gasteiger partial charge >= 0.3 is 0 Å². The van der Waals surface area contributed by atoms with Crippen molar-refractivity contribution in [2.45, 2.75) is 26.3 Å². The first-order valence-electron chi connectivity index (χ1n) is 9.59. The van der Waals surface area contributed by atoms with Gasteiger partial charge in [0, 0.05) is 22.7 Å². The van der Waals surface area contributed by atoms with Gasteiger partial charge in [0.2, 0.25) is 5.95 Å². The van der Waals surface area contributed by atoms with Crippen LogP contribution in [0.15, 0.2) is 42.5 Å². The first-order valence-corrected chi connectivity index (χ1v) is 9.59. The van der Waals surface area contributed by atoms with E-state index in [4.69, 9.17) is 9.47 Å². The third kappa shape index (κ3) is 5.39. The summed E-state index contributed by atoms with van der Waals surface area (Å²) < 4.78 is 10.6. The van der Waals surface area contributed by atoms with Gasteiger partial charge in [0.1, 0.15) is 11.5 Å². The Bertz CT molecular complexity index is 1080. The second kappa shape index (κ2) is 8.86. The van der Waals surface area contributed by atoms with E-state index in [-0.39, 0.29) is 17.4 Å². The van der Waals surface area contributed by atoms with E-state index < -0.39 is 5.91 Å². The molecule has 0 aliphatic carbocycles. The molecule has 31 heavy (non-hydrogen) atoms. The number of carbonyl (C=O) groups excluding carboxylic acids is 2. The lowest BCUT2D eigenvalue weighted by Crippen LogP contribution is -2.40. The van der Waals surface area contributed by atoms with Gasteiger partial charge in [-0.15, -0.1) is 5.10 Å². The highest BCUT2D eigenvalue weighted by Gasteiger charge is 2.17. The van der Waals surface area contributed by atoms with E-state index in [2.05, 4.69) is 25.8 Å². The summed E-state index contributed by atoms with van der Waals surface area (Å²) in [6.45, 7) is 5.71. The Kier molecular flexibility index (Phi) is 6.24. The number of amides is 2. The number of rotatable bonds is 6. The first kappa shape index (κ1) is 21.8. The predicted octanol–water partition coefficient (Wildman–Crippen LogP) is 3.27. The van der Waals surface area contributed by atoms with E-state index in [1.165, 1.54) is 0 Å². The van der Waals surface area contributed by atoms with Crippen molar-refractivity contribution >= 4 is 17.8 Å². The van der Waals surface area contributed by atoms with Crippen molar-refractivity contribution in [2.75, 3.05) is 19.5 Å². The fourth-order valence-electron chi connectivity index (χ4n) is 2.79. The Morgan fingerprint density at radius 2 is 1.58 bits per heavy atom. The lowest BCUT2D eigenvalue weighted by molar-refractivity contribution is 0.0918. The third-order valence-electron chi connectivity index (χ3n) is 4.27. The summed E-state index contributed by atoms with van der Waals surface area (Å²) in [5.74, 6) is 1.16. The lowest BCUT2D eigenvalue weighted by Gasteiger charge is -2.20. The van der Waals surface area contributed by atoms with Gasteiger partial charge in [-0.1, -0.05) is 0 Å². The maximum Gasteiger partial charge on any atom is 0.258 e. The summed E-state index contributed by atoms with van der Waals surface area (Å²) in [5.41, 5.74) is 1.17. The molecule has 3 aromatic rings. The maximum absolute atomic E-state index is 12.5. The molecule has 0 unspecified atom stereocenters. The number of methoxy groups -OCH3 is 2. The van der Waals surface area contributed by atoms with Crippen molar-refractivity contribution in [1.29, 1.82) is 0 Å². The number of hydrogen-bond donors (Lipinski definition) is 3. The van der Waals surface area contributed by atoms with Crippen molar-refractivity contribution in [3.8, 4) is 22.9 Å². The van der Waals surface area contributed by atoms with Gasteiger partial charge in [-0.25, -0.2) is 0 Å². The molecular weight excluding hydrogens is 398 g/mol. The molecular formula is C22H25N5O4. The minimum absolute atomic E-state index is 0.118. The molecule has 0 atom stereocenters. The van der Waals surface area contributed by atoms with E-state index in [9.17, 15) is 9.59 Å². The quantitative estimate of drug-likeness (QED) is 0.560. The van der Waals surface area contributed by atoms with Crippen LogP contribution < -0.4 is 20.1 Å². The molecule has 1 heterocycles. The second-order valence-electron chi connectivity index (χ2n) is 7.81. The molecule has 3 rings (SSSR count). The van der Waals surface area contributed by atoms with Crippen molar-refractivity contribution in [3.05, 3.63) is 53.6 Å². The maximum atomic E-state index is 12.5. The largest absolute Gasteiger partial charge is 0.497 e. The Morgan fingerprint density at radius 1 is 0.935 bits per heavy atom. The number of nitrogens with one attached hydrogen (secondary N) is 3. The van der Waals surface area contributed by atoms with Gasteiger partial charge in [-0.3, -0.25) is 20.0 Å². The van der Waals surface area contributed by atoms with Crippen LogP contribution in [0.4, 0.5) is 5.95 Å². The first-order chi connectivity index (χ1) is 14.7. The molecule has 9 nitrogen and oxygen atoms in total. The number of nitrogens with zero attached hydrogens (tertiary/aromatic N) is 2. The van der Waals surface area contributed by atoms with Gasteiger partial charge in [-0.2, -0.15) is 4.98 Å². The van der Waals surface area contributed by atoms with Gasteiger partial charge in [-0.05, 0) is 57.2 Å². The van der Waals surface area contributed by atoms with Crippen LogP contribution in [0.3, 0.4) is 0 Å². The minimum Gasteiger partial charge on any atom is -0.497 e. The Hall–Kier alpha value is -3.88. The standard InChI is InChI=1S/C22H25N5O4/c1-22(2,3)25-20(29)14-8-6-13(7-9-14)19(28)24-21-23-18(26-27-21)16-11-10-15(30-4)12-17(16)31-5/h6-12H,1-5H3,(H,25,29)(H2,23,24,26,27,28). The molecule has 2 amide bonds. The van der Waals surface area contributed by atoms with Gasteiger partial charge in [0.15, 0.2) is 5.82 Å². The highest BCUT2D eigenvalue weighted by atomic mass is 16.5. The predicted molar refractivity (Wildman–Crippen MR) is 117 cm³/mol. The topological polar surface area (TPSA) is 118 Å². The molecule has 162 valence electrons. The minimum atomic E-state index is -0.393. The number of hydrogen-bond acceptors (Lipinski definition) is 6. The highest BCUT2D eigenvalue weighted by molar-refractivity contribution is 6.04. The molecule has 2 aromatic carbocycles. The number of carbonyl (C=O) groups is 2. The molecule has 3 N–H and O–H groups in total. The monoisotopic (exact) mass is 423 g/mol. The zero-order valence-corrected chi connectivity index (χ0v) is 18.1. The average Bonchev–Trinajstić information content (AvgIpc) is 3.20. The van der Waals surface area contributed by atoms with Crippen LogP contribution in [0.5, 0.6) is 11.5 Å². The summed E-state index contributed by atoms with van der Waals surface area (Å²) in [6, 6.07) is 11.6. The van der Waals surface area contributed by atoms with Crippen LogP contribution in [0.25, 0.3) is 11.4 Å². The molecule has 0 aliphatic rings. The fourth-order valence-corrected chi connectivity index (χ4v) is 2.79. The number of benzene rings is 2. The zero-order valence-electron chi connectivity index (χ0n) is 18.1. The molecule has 0 spiro atoms. The van der Waals surface area contributed by atoms with E-state index in [0.717, 1.165) is 0 Å². The summed E-state index contributed by atoms with van der Waals surface area (Å²) in [7, 11) is 3.11. The zero-order chi connectivity index (χ0) is 22.6. The normalized spacial score (nSPS) is 11.0. The van der Waals surface area contributed by atoms with Crippen LogP contribution in [0.1, 0.15) is 41.5 Å². The number of aromatic nitrogens is 3. The summed E-state index contributed by atoms with van der Waals surface area (Å²) >= 11 is 0. The van der Waals surface area contributed by atoms with Gasteiger partial charge in [0.05, 0.1) is 19.8 Å². The summed E-state index contributed by atoms with van der Waals surface area (Å²) in [6.07, 6.45) is 0.